The quantitative estimate of drug-likeness (QED) is 0.300. The van der Waals surface area contributed by atoms with Crippen molar-refractivity contribution in [1.29, 1.82) is 0 Å². The summed E-state index contributed by atoms with van der Waals surface area (Å²) in [4.78, 5) is 39.6. The van der Waals surface area contributed by atoms with Crippen LogP contribution in [0, 0.1) is 0 Å². The van der Waals surface area contributed by atoms with Gasteiger partial charge in [0.1, 0.15) is 5.75 Å². The lowest BCUT2D eigenvalue weighted by Gasteiger charge is -2.17. The van der Waals surface area contributed by atoms with Gasteiger partial charge in [0, 0.05) is 16.4 Å². The first-order chi connectivity index (χ1) is 17.8. The van der Waals surface area contributed by atoms with Crippen molar-refractivity contribution in [2.75, 3.05) is 23.9 Å². The molecule has 188 valence electrons. The van der Waals surface area contributed by atoms with Crippen LogP contribution in [0.4, 0.5) is 11.4 Å². The van der Waals surface area contributed by atoms with Crippen molar-refractivity contribution in [2.45, 2.75) is 6.92 Å². The summed E-state index contributed by atoms with van der Waals surface area (Å²) >= 11 is 12.0. The molecule has 3 aromatic carbocycles. The number of rotatable bonds is 7. The van der Waals surface area contributed by atoms with E-state index < -0.39 is 5.97 Å². The molecule has 0 unspecified atom stereocenters. The molecule has 0 radical (unpaired) electrons. The van der Waals surface area contributed by atoms with Gasteiger partial charge in [0.15, 0.2) is 6.61 Å². The van der Waals surface area contributed by atoms with Crippen LogP contribution in [0.25, 0.3) is 6.08 Å². The van der Waals surface area contributed by atoms with Crippen LogP contribution >= 0.6 is 23.2 Å². The number of esters is 1. The normalized spacial score (nSPS) is 14.2. The summed E-state index contributed by atoms with van der Waals surface area (Å²) in [5.74, 6) is -0.881. The number of benzene rings is 3. The fraction of sp³-hybridized carbons (Fsp3) is 0.107. The molecule has 1 aliphatic heterocycles. The first-order valence-corrected chi connectivity index (χ1v) is 11.9. The van der Waals surface area contributed by atoms with E-state index in [2.05, 4.69) is 5.32 Å². The van der Waals surface area contributed by atoms with Gasteiger partial charge in [-0.3, -0.25) is 14.5 Å². The van der Waals surface area contributed by atoms with Gasteiger partial charge in [-0.25, -0.2) is 4.79 Å². The minimum absolute atomic E-state index is 0.180. The lowest BCUT2D eigenvalue weighted by molar-refractivity contribution is -0.136. The molecule has 0 saturated carbocycles. The summed E-state index contributed by atoms with van der Waals surface area (Å²) in [6.07, 6.45) is 1.61. The second-order valence-electron chi connectivity index (χ2n) is 8.01. The first-order valence-electron chi connectivity index (χ1n) is 11.2. The van der Waals surface area contributed by atoms with Gasteiger partial charge in [-0.1, -0.05) is 47.5 Å². The minimum Gasteiger partial charge on any atom is -0.484 e. The Kier molecular flexibility index (Phi) is 7.96. The van der Waals surface area contributed by atoms with Gasteiger partial charge in [0.25, 0.3) is 11.8 Å². The molecule has 0 bridgehead atoms. The smallest absolute Gasteiger partial charge is 0.340 e. The van der Waals surface area contributed by atoms with Crippen LogP contribution in [0.2, 0.25) is 10.0 Å². The summed E-state index contributed by atoms with van der Waals surface area (Å²) in [5.41, 5.74) is 2.57. The Labute approximate surface area is 223 Å². The van der Waals surface area contributed by atoms with Gasteiger partial charge in [-0.15, -0.1) is 0 Å². The Morgan fingerprint density at radius 2 is 1.65 bits per heavy atom. The van der Waals surface area contributed by atoms with E-state index in [9.17, 15) is 14.4 Å². The van der Waals surface area contributed by atoms with E-state index in [4.69, 9.17) is 32.7 Å². The molecule has 1 heterocycles. The van der Waals surface area contributed by atoms with Crippen LogP contribution in [0.15, 0.2) is 89.6 Å². The fourth-order valence-electron chi connectivity index (χ4n) is 3.81. The second kappa shape index (κ2) is 11.3. The van der Waals surface area contributed by atoms with E-state index in [0.717, 1.165) is 0 Å². The zero-order valence-corrected chi connectivity index (χ0v) is 21.5. The van der Waals surface area contributed by atoms with Crippen molar-refractivity contribution in [1.82, 2.24) is 0 Å². The highest BCUT2D eigenvalue weighted by Gasteiger charge is 2.37. The van der Waals surface area contributed by atoms with Crippen molar-refractivity contribution >= 4 is 58.4 Å². The second-order valence-corrected chi connectivity index (χ2v) is 8.86. The minimum atomic E-state index is -0.613. The topological polar surface area (TPSA) is 84.9 Å². The van der Waals surface area contributed by atoms with Crippen molar-refractivity contribution in [3.63, 3.8) is 0 Å². The molecular formula is C28H22Cl2N2O5. The lowest BCUT2D eigenvalue weighted by atomic mass is 10.0. The monoisotopic (exact) mass is 536 g/mol. The molecular weight excluding hydrogens is 515 g/mol. The van der Waals surface area contributed by atoms with Gasteiger partial charge in [0.2, 0.25) is 0 Å². The van der Waals surface area contributed by atoms with Crippen LogP contribution in [0.3, 0.4) is 0 Å². The molecule has 0 spiro atoms. The molecule has 1 N–H and O–H groups in total. The molecule has 9 heteroatoms. The molecule has 0 saturated heterocycles. The highest BCUT2D eigenvalue weighted by atomic mass is 35.5. The Morgan fingerprint density at radius 1 is 0.973 bits per heavy atom. The molecule has 2 amide bonds. The summed E-state index contributed by atoms with van der Waals surface area (Å²) in [7, 11) is 1.27. The summed E-state index contributed by atoms with van der Waals surface area (Å²) in [5, 5.41) is 3.65. The number of carbonyl (C=O) groups excluding carboxylic acids is 3. The third-order valence-electron chi connectivity index (χ3n) is 5.58. The molecule has 0 aromatic heterocycles. The number of allylic oxidation sites excluding steroid dienone is 1. The Morgan fingerprint density at radius 3 is 2.30 bits per heavy atom. The van der Waals surface area contributed by atoms with Crippen LogP contribution < -0.4 is 15.0 Å². The van der Waals surface area contributed by atoms with Crippen LogP contribution in [-0.2, 0) is 19.1 Å². The summed E-state index contributed by atoms with van der Waals surface area (Å²) < 4.78 is 10.5. The molecule has 0 atom stereocenters. The fourth-order valence-corrected chi connectivity index (χ4v) is 4.11. The molecule has 37 heavy (non-hydrogen) atoms. The average molecular weight is 537 g/mol. The standard InChI is InChI=1S/C28H22Cl2N2O5/c1-17-26(28(35)36-2)22(27(34)32(17)20-11-9-19(29)10-12-20)15-18-7-13-21(14-8-18)37-16-25(33)31-24-6-4-3-5-23(24)30/h3-15H,16H2,1-2H3,(H,31,33)/b22-15-. The highest BCUT2D eigenvalue weighted by molar-refractivity contribution is 6.33. The van der Waals surface area contributed by atoms with Crippen LogP contribution in [-0.4, -0.2) is 31.5 Å². The highest BCUT2D eigenvalue weighted by Crippen LogP contribution is 2.36. The van der Waals surface area contributed by atoms with E-state index >= 15 is 0 Å². The number of hydrogen-bond donors (Lipinski definition) is 1. The summed E-state index contributed by atoms with van der Waals surface area (Å²) in [6, 6.07) is 20.4. The Balaban J connectivity index is 1.50. The number of nitrogens with zero attached hydrogens (tertiary/aromatic N) is 1. The number of carbonyl (C=O) groups is 3. The predicted octanol–water partition coefficient (Wildman–Crippen LogP) is 5.89. The zero-order chi connectivity index (χ0) is 26.5. The van der Waals surface area contributed by atoms with Crippen molar-refractivity contribution in [3.05, 3.63) is 105 Å². The van der Waals surface area contributed by atoms with Gasteiger partial charge in [-0.2, -0.15) is 0 Å². The largest absolute Gasteiger partial charge is 0.484 e. The van der Waals surface area contributed by atoms with E-state index in [0.29, 0.717) is 38.4 Å². The molecule has 1 aliphatic rings. The Hall–Kier alpha value is -4.07. The van der Waals surface area contributed by atoms with Crippen molar-refractivity contribution in [3.8, 4) is 5.75 Å². The average Bonchev–Trinajstić information content (AvgIpc) is 3.14. The molecule has 3 aromatic rings. The molecule has 4 rings (SSSR count). The third-order valence-corrected chi connectivity index (χ3v) is 6.16. The number of anilines is 2. The first kappa shape index (κ1) is 26.0. The maximum Gasteiger partial charge on any atom is 0.340 e. The lowest BCUT2D eigenvalue weighted by Crippen LogP contribution is -2.24. The van der Waals surface area contributed by atoms with Crippen molar-refractivity contribution in [2.24, 2.45) is 0 Å². The molecule has 0 fully saturated rings. The van der Waals surface area contributed by atoms with E-state index in [1.807, 2.05) is 0 Å². The number of hydrogen-bond acceptors (Lipinski definition) is 5. The summed E-state index contributed by atoms with van der Waals surface area (Å²) in [6.45, 7) is 1.47. The van der Waals surface area contributed by atoms with E-state index in [1.54, 1.807) is 85.8 Å². The van der Waals surface area contributed by atoms with Gasteiger partial charge < -0.3 is 14.8 Å². The number of halogens is 2. The number of para-hydroxylation sites is 1. The van der Waals surface area contributed by atoms with E-state index in [1.165, 1.54) is 12.0 Å². The molecule has 7 nitrogen and oxygen atoms in total. The zero-order valence-electron chi connectivity index (χ0n) is 20.0. The predicted molar refractivity (Wildman–Crippen MR) is 144 cm³/mol. The number of ether oxygens (including phenoxy) is 2. The number of nitrogens with one attached hydrogen (secondary N) is 1. The van der Waals surface area contributed by atoms with Crippen LogP contribution in [0.1, 0.15) is 12.5 Å². The maximum atomic E-state index is 13.4. The number of methoxy groups -OCH3 is 1. The molecule has 0 aliphatic carbocycles. The van der Waals surface area contributed by atoms with E-state index in [-0.39, 0.29) is 29.6 Å². The van der Waals surface area contributed by atoms with Gasteiger partial charge in [-0.05, 0) is 67.1 Å². The van der Waals surface area contributed by atoms with Crippen LogP contribution in [0.5, 0.6) is 5.75 Å². The van der Waals surface area contributed by atoms with Gasteiger partial charge >= 0.3 is 5.97 Å². The maximum absolute atomic E-state index is 13.4. The number of amides is 2. The SMILES string of the molecule is COC(=O)C1=C(C)N(c2ccc(Cl)cc2)C(=O)/C1=C\c1ccc(OCC(=O)Nc2ccccc2Cl)cc1. The third kappa shape index (κ3) is 5.85. The van der Waals surface area contributed by atoms with Gasteiger partial charge in [0.05, 0.1) is 29.0 Å². The Bertz CT molecular complexity index is 1410. The van der Waals surface area contributed by atoms with Crippen molar-refractivity contribution < 1.29 is 23.9 Å².